The van der Waals surface area contributed by atoms with E-state index in [0.29, 0.717) is 23.7 Å². The molecule has 0 atom stereocenters. The van der Waals surface area contributed by atoms with Crippen LogP contribution in [0.25, 0.3) is 0 Å². The predicted octanol–water partition coefficient (Wildman–Crippen LogP) is 1.05. The first kappa shape index (κ1) is 12.6. The largest absolute Gasteiger partial charge is 0.395 e. The maximum Gasteiger partial charge on any atom is 0.273 e. The number of carbonyl (C=O) groups excluding carboxylic acids is 1. The van der Waals surface area contributed by atoms with Crippen LogP contribution in [0.15, 0.2) is 18.3 Å². The van der Waals surface area contributed by atoms with E-state index in [1.54, 1.807) is 30.3 Å². The van der Waals surface area contributed by atoms with Gasteiger partial charge in [-0.05, 0) is 25.0 Å². The second-order valence-electron chi connectivity index (χ2n) is 4.32. The fraction of sp³-hybridized carbons (Fsp3) is 0.429. The molecule has 1 saturated carbocycles. The lowest BCUT2D eigenvalue weighted by Crippen LogP contribution is -2.30. The summed E-state index contributed by atoms with van der Waals surface area (Å²) in [5.74, 6) is 5.63. The van der Waals surface area contributed by atoms with Crippen molar-refractivity contribution < 1.29 is 9.90 Å². The van der Waals surface area contributed by atoms with Gasteiger partial charge in [0.15, 0.2) is 0 Å². The number of aliphatic hydroxyl groups is 1. The van der Waals surface area contributed by atoms with E-state index in [-0.39, 0.29) is 12.5 Å². The van der Waals surface area contributed by atoms with Crippen LogP contribution < -0.4 is 0 Å². The van der Waals surface area contributed by atoms with E-state index in [0.717, 1.165) is 12.8 Å². The van der Waals surface area contributed by atoms with Crippen molar-refractivity contribution in [3.05, 3.63) is 29.6 Å². The van der Waals surface area contributed by atoms with E-state index in [1.165, 1.54) is 0 Å². The molecule has 1 N–H and O–H groups in total. The van der Waals surface area contributed by atoms with E-state index in [1.807, 2.05) is 0 Å². The van der Waals surface area contributed by atoms with E-state index < -0.39 is 0 Å². The first-order valence-corrected chi connectivity index (χ1v) is 6.06. The van der Waals surface area contributed by atoms with Crippen LogP contribution in [0.4, 0.5) is 0 Å². The summed E-state index contributed by atoms with van der Waals surface area (Å²) in [7, 11) is 1.81. The number of aliphatic hydroxyl groups excluding tert-OH is 1. The molecule has 1 amide bonds. The summed E-state index contributed by atoms with van der Waals surface area (Å²) in [6, 6.07) is 3.90. The SMILES string of the molecule is CN(C(=O)c1ncccc1C#CCCO)C1CC1. The number of aromatic nitrogens is 1. The molecule has 1 aromatic rings. The van der Waals surface area contributed by atoms with Gasteiger partial charge in [0.25, 0.3) is 5.91 Å². The molecule has 1 aliphatic rings. The fourth-order valence-electron chi connectivity index (χ4n) is 1.68. The molecule has 0 bridgehead atoms. The third-order valence-corrected chi connectivity index (χ3v) is 2.89. The number of rotatable bonds is 3. The molecular weight excluding hydrogens is 228 g/mol. The van der Waals surface area contributed by atoms with Crippen molar-refractivity contribution in [1.82, 2.24) is 9.88 Å². The molecule has 0 aromatic carbocycles. The fourth-order valence-corrected chi connectivity index (χ4v) is 1.68. The van der Waals surface area contributed by atoms with Gasteiger partial charge >= 0.3 is 0 Å². The average Bonchev–Trinajstić information content (AvgIpc) is 3.22. The molecule has 0 aliphatic heterocycles. The van der Waals surface area contributed by atoms with Gasteiger partial charge in [0.05, 0.1) is 12.2 Å². The molecule has 0 unspecified atom stereocenters. The van der Waals surface area contributed by atoms with Crippen LogP contribution >= 0.6 is 0 Å². The highest BCUT2D eigenvalue weighted by molar-refractivity contribution is 5.95. The van der Waals surface area contributed by atoms with Crippen LogP contribution in [-0.4, -0.2) is 40.6 Å². The summed E-state index contributed by atoms with van der Waals surface area (Å²) in [6.07, 6.45) is 4.15. The number of nitrogens with zero attached hydrogens (tertiary/aromatic N) is 2. The minimum absolute atomic E-state index is 0.0263. The van der Waals surface area contributed by atoms with Crippen molar-refractivity contribution in [2.75, 3.05) is 13.7 Å². The van der Waals surface area contributed by atoms with Gasteiger partial charge in [0.2, 0.25) is 0 Å². The standard InChI is InChI=1S/C14H16N2O2/c1-16(12-7-8-12)14(18)13-11(5-2-3-10-17)6-4-9-15-13/h4,6,9,12,17H,3,7-8,10H2,1H3. The molecule has 1 fully saturated rings. The van der Waals surface area contributed by atoms with Gasteiger partial charge in [-0.25, -0.2) is 4.98 Å². The molecule has 18 heavy (non-hydrogen) atoms. The number of hydrogen-bond acceptors (Lipinski definition) is 3. The van der Waals surface area contributed by atoms with Gasteiger partial charge in [-0.15, -0.1) is 0 Å². The molecule has 1 heterocycles. The molecular formula is C14H16N2O2. The maximum atomic E-state index is 12.2. The van der Waals surface area contributed by atoms with Gasteiger partial charge in [-0.2, -0.15) is 0 Å². The zero-order valence-corrected chi connectivity index (χ0v) is 10.4. The first-order valence-electron chi connectivity index (χ1n) is 6.06. The van der Waals surface area contributed by atoms with Crippen molar-refractivity contribution in [3.63, 3.8) is 0 Å². The van der Waals surface area contributed by atoms with Crippen LogP contribution in [0.3, 0.4) is 0 Å². The van der Waals surface area contributed by atoms with Crippen LogP contribution in [-0.2, 0) is 0 Å². The Hall–Kier alpha value is -1.86. The number of hydrogen-bond donors (Lipinski definition) is 1. The van der Waals surface area contributed by atoms with Crippen LogP contribution in [0, 0.1) is 11.8 Å². The van der Waals surface area contributed by atoms with Gasteiger partial charge in [-0.1, -0.05) is 11.8 Å². The van der Waals surface area contributed by atoms with Crippen molar-refractivity contribution >= 4 is 5.91 Å². The Labute approximate surface area is 107 Å². The lowest BCUT2D eigenvalue weighted by molar-refractivity contribution is 0.0779. The van der Waals surface area contributed by atoms with Crippen LogP contribution in [0.1, 0.15) is 35.3 Å². The molecule has 0 spiro atoms. The highest BCUT2D eigenvalue weighted by Gasteiger charge is 2.31. The zero-order chi connectivity index (χ0) is 13.0. The van der Waals surface area contributed by atoms with E-state index >= 15 is 0 Å². The second-order valence-corrected chi connectivity index (χ2v) is 4.32. The van der Waals surface area contributed by atoms with Gasteiger partial charge < -0.3 is 10.0 Å². The minimum atomic E-state index is -0.0774. The highest BCUT2D eigenvalue weighted by Crippen LogP contribution is 2.26. The topological polar surface area (TPSA) is 53.4 Å². The van der Waals surface area contributed by atoms with Gasteiger partial charge in [-0.3, -0.25) is 4.79 Å². The third-order valence-electron chi connectivity index (χ3n) is 2.89. The monoisotopic (exact) mass is 244 g/mol. The van der Waals surface area contributed by atoms with Crippen LogP contribution in [0.5, 0.6) is 0 Å². The Balaban J connectivity index is 2.21. The molecule has 1 aliphatic carbocycles. The Morgan fingerprint density at radius 2 is 2.39 bits per heavy atom. The average molecular weight is 244 g/mol. The molecule has 1 aromatic heterocycles. The van der Waals surface area contributed by atoms with E-state index in [4.69, 9.17) is 5.11 Å². The van der Waals surface area contributed by atoms with Crippen molar-refractivity contribution in [2.24, 2.45) is 0 Å². The Kier molecular flexibility index (Phi) is 3.96. The van der Waals surface area contributed by atoms with Crippen LogP contribution in [0.2, 0.25) is 0 Å². The number of carbonyl (C=O) groups is 1. The zero-order valence-electron chi connectivity index (χ0n) is 10.4. The number of pyridine rings is 1. The Morgan fingerprint density at radius 1 is 1.61 bits per heavy atom. The van der Waals surface area contributed by atoms with Crippen molar-refractivity contribution in [2.45, 2.75) is 25.3 Å². The number of amides is 1. The van der Waals surface area contributed by atoms with E-state index in [9.17, 15) is 4.79 Å². The first-order chi connectivity index (χ1) is 8.74. The molecule has 0 saturated heterocycles. The summed E-state index contributed by atoms with van der Waals surface area (Å²) < 4.78 is 0. The van der Waals surface area contributed by atoms with Crippen molar-refractivity contribution in [1.29, 1.82) is 0 Å². The Bertz CT molecular complexity index is 498. The molecule has 4 nitrogen and oxygen atoms in total. The maximum absolute atomic E-state index is 12.2. The summed E-state index contributed by atoms with van der Waals surface area (Å²) in [6.45, 7) is 0.0263. The quantitative estimate of drug-likeness (QED) is 0.809. The molecule has 2 rings (SSSR count). The minimum Gasteiger partial charge on any atom is -0.395 e. The second kappa shape index (κ2) is 5.65. The predicted molar refractivity (Wildman–Crippen MR) is 67.9 cm³/mol. The summed E-state index contributed by atoms with van der Waals surface area (Å²) in [5, 5.41) is 8.70. The third kappa shape index (κ3) is 2.88. The van der Waals surface area contributed by atoms with Gasteiger partial charge in [0, 0.05) is 25.7 Å². The molecule has 0 radical (unpaired) electrons. The summed E-state index contributed by atoms with van der Waals surface area (Å²) in [4.78, 5) is 18.1. The molecule has 94 valence electrons. The summed E-state index contributed by atoms with van der Waals surface area (Å²) in [5.41, 5.74) is 1.03. The molecule has 4 heteroatoms. The lowest BCUT2D eigenvalue weighted by atomic mass is 10.1. The van der Waals surface area contributed by atoms with Gasteiger partial charge in [0.1, 0.15) is 5.69 Å². The highest BCUT2D eigenvalue weighted by atomic mass is 16.2. The summed E-state index contributed by atoms with van der Waals surface area (Å²) >= 11 is 0. The lowest BCUT2D eigenvalue weighted by Gasteiger charge is -2.16. The Morgan fingerprint density at radius 3 is 3.06 bits per heavy atom. The smallest absolute Gasteiger partial charge is 0.273 e. The normalized spacial score (nSPS) is 13.7. The van der Waals surface area contributed by atoms with E-state index in [2.05, 4.69) is 16.8 Å². The van der Waals surface area contributed by atoms with Crippen molar-refractivity contribution in [3.8, 4) is 11.8 Å².